The van der Waals surface area contributed by atoms with Crippen LogP contribution in [-0.2, 0) is 30.2 Å². The summed E-state index contributed by atoms with van der Waals surface area (Å²) in [5.41, 5.74) is -3.33. The highest BCUT2D eigenvalue weighted by atomic mass is 16.7. The van der Waals surface area contributed by atoms with Gasteiger partial charge in [-0.1, -0.05) is 12.1 Å². The summed E-state index contributed by atoms with van der Waals surface area (Å²) in [5, 5.41) is 44.6. The summed E-state index contributed by atoms with van der Waals surface area (Å²) >= 11 is 0. The Balaban J connectivity index is 1.30. The van der Waals surface area contributed by atoms with Crippen LogP contribution in [0.25, 0.3) is 0 Å². The molecule has 0 spiro atoms. The maximum Gasteiger partial charge on any atom is 0.202 e. The molecule has 0 aromatic heterocycles. The number of ketones is 3. The fourth-order valence-corrected chi connectivity index (χ4v) is 8.08. The first-order valence-electron chi connectivity index (χ1n) is 15.5. The maximum atomic E-state index is 13.9. The smallest absolute Gasteiger partial charge is 0.202 e. The highest BCUT2D eigenvalue weighted by Gasteiger charge is 2.54. The number of carbonyl (C=O) groups is 3. The van der Waals surface area contributed by atoms with Crippen molar-refractivity contribution in [2.75, 3.05) is 27.4 Å². The SMILES string of the molecule is COc1cccc2c1C(=O)c1c(O)c3c(c(O)c1C2=O)C[C@@](O)(C(=O)CO)C[C@@H]3O[C@H]1CC2[C@H](O[C@@H]3[C@@H](OC)CCCN23)[C@H](C)O1. The van der Waals surface area contributed by atoms with E-state index in [1.165, 1.54) is 25.3 Å². The molecule has 2 aromatic carbocycles. The van der Waals surface area contributed by atoms with E-state index in [0.717, 1.165) is 19.4 Å². The van der Waals surface area contributed by atoms with Gasteiger partial charge in [0.2, 0.25) is 5.78 Å². The molecule has 0 saturated carbocycles. The Morgan fingerprint density at radius 3 is 2.57 bits per heavy atom. The third kappa shape index (κ3) is 4.52. The standard InChI is InChI=1S/C33H37NO12/c1-14-31-17(34-9-5-8-19(43-3)32(34)46-31)10-22(44-14)45-20-12-33(41,21(36)13-35)11-16-24(20)30(40)26-25(28(16)38)27(37)15-6-4-7-18(42-2)23(15)29(26)39/h4,6-7,14,17,19-20,22,31-32,35,38,40-41H,5,8-13H2,1-3H3/t14-,17?,19-,20-,22-,31+,32+,33-/m0/s1. The molecule has 5 aliphatic rings. The van der Waals surface area contributed by atoms with Gasteiger partial charge in [0.25, 0.3) is 0 Å². The fraction of sp³-hybridized carbons (Fsp3) is 0.545. The van der Waals surface area contributed by atoms with Crippen molar-refractivity contribution in [3.05, 3.63) is 51.6 Å². The number of phenols is 2. The van der Waals surface area contributed by atoms with Gasteiger partial charge < -0.3 is 44.1 Å². The molecule has 8 atom stereocenters. The molecule has 3 saturated heterocycles. The van der Waals surface area contributed by atoms with Gasteiger partial charge in [-0.2, -0.15) is 0 Å². The number of nitrogens with zero attached hydrogens (tertiary/aromatic N) is 1. The lowest BCUT2D eigenvalue weighted by molar-refractivity contribution is -0.248. The minimum atomic E-state index is -2.21. The number of hydrogen-bond acceptors (Lipinski definition) is 13. The minimum Gasteiger partial charge on any atom is -0.507 e. The number of hydrogen-bond donors (Lipinski definition) is 4. The molecule has 1 unspecified atom stereocenters. The van der Waals surface area contributed by atoms with Gasteiger partial charge >= 0.3 is 0 Å². The van der Waals surface area contributed by atoms with Crippen LogP contribution in [0.4, 0.5) is 0 Å². The molecular weight excluding hydrogens is 602 g/mol. The van der Waals surface area contributed by atoms with E-state index in [1.807, 2.05) is 6.92 Å². The fourth-order valence-electron chi connectivity index (χ4n) is 8.08. The van der Waals surface area contributed by atoms with E-state index >= 15 is 0 Å². The lowest BCUT2D eigenvalue weighted by atomic mass is 9.72. The zero-order valence-electron chi connectivity index (χ0n) is 25.7. The van der Waals surface area contributed by atoms with Gasteiger partial charge in [-0.15, -0.1) is 0 Å². The van der Waals surface area contributed by atoms with Gasteiger partial charge in [0.15, 0.2) is 17.9 Å². The van der Waals surface area contributed by atoms with Crippen LogP contribution in [0, 0.1) is 0 Å². The molecule has 0 radical (unpaired) electrons. The van der Waals surface area contributed by atoms with Crippen LogP contribution in [-0.4, -0.2) is 113 Å². The predicted molar refractivity (Wildman–Crippen MR) is 157 cm³/mol. The molecule has 13 heteroatoms. The number of phenolic OH excluding ortho intramolecular Hbond substituents is 2. The number of aliphatic hydroxyl groups excluding tert-OH is 1. The van der Waals surface area contributed by atoms with Gasteiger partial charge in [0, 0.05) is 55.6 Å². The predicted octanol–water partition coefficient (Wildman–Crippen LogP) is 1.52. The Morgan fingerprint density at radius 1 is 1.09 bits per heavy atom. The number of rotatable bonds is 6. The van der Waals surface area contributed by atoms with Gasteiger partial charge in [-0.3, -0.25) is 19.3 Å². The van der Waals surface area contributed by atoms with Gasteiger partial charge in [0.05, 0.1) is 42.1 Å². The number of aliphatic hydroxyl groups is 2. The van der Waals surface area contributed by atoms with Crippen molar-refractivity contribution in [2.45, 2.75) is 87.6 Å². The molecular formula is C33H37NO12. The van der Waals surface area contributed by atoms with E-state index in [2.05, 4.69) is 4.90 Å². The van der Waals surface area contributed by atoms with Crippen molar-refractivity contribution >= 4 is 17.3 Å². The average Bonchev–Trinajstić information content (AvgIpc) is 3.43. The molecule has 246 valence electrons. The summed E-state index contributed by atoms with van der Waals surface area (Å²) < 4.78 is 30.1. The quantitative estimate of drug-likeness (QED) is 0.285. The molecule has 3 fully saturated rings. The molecule has 0 amide bonds. The molecule has 13 nitrogen and oxygen atoms in total. The number of Topliss-reactive ketones (excluding diaryl/α,β-unsaturated/α-hetero) is 1. The summed E-state index contributed by atoms with van der Waals surface area (Å²) in [6, 6.07) is 4.36. The monoisotopic (exact) mass is 639 g/mol. The molecule has 4 N–H and O–H groups in total. The van der Waals surface area contributed by atoms with Gasteiger partial charge in [-0.05, 0) is 25.8 Å². The maximum absolute atomic E-state index is 13.9. The van der Waals surface area contributed by atoms with Crippen molar-refractivity contribution in [3.8, 4) is 17.2 Å². The number of benzene rings is 2. The number of methoxy groups -OCH3 is 2. The Bertz CT molecular complexity index is 1620. The zero-order chi connectivity index (χ0) is 32.7. The lowest BCUT2D eigenvalue weighted by Gasteiger charge is -2.43. The van der Waals surface area contributed by atoms with Crippen LogP contribution < -0.4 is 4.74 Å². The molecule has 7 rings (SSSR count). The summed E-state index contributed by atoms with van der Waals surface area (Å²) in [6.45, 7) is 1.67. The number of ether oxygens (including phenoxy) is 5. The summed E-state index contributed by atoms with van der Waals surface area (Å²) in [4.78, 5) is 42.7. The summed E-state index contributed by atoms with van der Waals surface area (Å²) in [5.74, 6) is -3.53. The third-order valence-corrected chi connectivity index (χ3v) is 10.3. The Morgan fingerprint density at radius 2 is 1.85 bits per heavy atom. The molecule has 2 aromatic rings. The first kappa shape index (κ1) is 31.2. The van der Waals surface area contributed by atoms with E-state index < -0.39 is 83.5 Å². The second kappa shape index (κ2) is 11.4. The Labute approximate surface area is 264 Å². The van der Waals surface area contributed by atoms with Gasteiger partial charge in [-0.25, -0.2) is 0 Å². The Hall–Kier alpha value is -3.43. The summed E-state index contributed by atoms with van der Waals surface area (Å²) in [6.07, 6.45) is -1.98. The van der Waals surface area contributed by atoms with Gasteiger partial charge in [0.1, 0.15) is 41.8 Å². The first-order valence-corrected chi connectivity index (χ1v) is 15.5. The largest absolute Gasteiger partial charge is 0.507 e. The van der Waals surface area contributed by atoms with Crippen molar-refractivity contribution in [2.24, 2.45) is 0 Å². The highest BCUT2D eigenvalue weighted by molar-refractivity contribution is 6.31. The van der Waals surface area contributed by atoms with E-state index in [-0.39, 0.29) is 52.5 Å². The van der Waals surface area contributed by atoms with E-state index in [0.29, 0.717) is 6.42 Å². The minimum absolute atomic E-state index is 0.0264. The van der Waals surface area contributed by atoms with E-state index in [4.69, 9.17) is 23.7 Å². The van der Waals surface area contributed by atoms with Crippen molar-refractivity contribution in [1.29, 1.82) is 0 Å². The van der Waals surface area contributed by atoms with Crippen LogP contribution >= 0.6 is 0 Å². The second-order valence-electron chi connectivity index (χ2n) is 12.7. The lowest BCUT2D eigenvalue weighted by Crippen LogP contribution is -2.53. The first-order chi connectivity index (χ1) is 22.0. The van der Waals surface area contributed by atoms with Crippen LogP contribution in [0.1, 0.15) is 81.7 Å². The van der Waals surface area contributed by atoms with Crippen LogP contribution in [0.2, 0.25) is 0 Å². The van der Waals surface area contributed by atoms with Crippen LogP contribution in [0.3, 0.4) is 0 Å². The third-order valence-electron chi connectivity index (χ3n) is 10.3. The van der Waals surface area contributed by atoms with Crippen LogP contribution in [0.5, 0.6) is 17.2 Å². The van der Waals surface area contributed by atoms with E-state index in [1.54, 1.807) is 7.11 Å². The molecule has 3 heterocycles. The number of aromatic hydroxyl groups is 2. The Kier molecular flexibility index (Phi) is 7.71. The highest BCUT2D eigenvalue weighted by Crippen LogP contribution is 2.53. The van der Waals surface area contributed by atoms with Crippen molar-refractivity contribution in [1.82, 2.24) is 4.90 Å². The van der Waals surface area contributed by atoms with Crippen LogP contribution in [0.15, 0.2) is 18.2 Å². The van der Waals surface area contributed by atoms with E-state index in [9.17, 15) is 34.8 Å². The topological polar surface area (TPSA) is 182 Å². The molecule has 46 heavy (non-hydrogen) atoms. The van der Waals surface area contributed by atoms with Crippen molar-refractivity contribution in [3.63, 3.8) is 0 Å². The zero-order valence-corrected chi connectivity index (χ0v) is 25.7. The van der Waals surface area contributed by atoms with Crippen molar-refractivity contribution < 1.29 is 58.5 Å². The molecule has 2 aliphatic carbocycles. The number of fused-ring (bicyclic) bond motifs is 6. The second-order valence-corrected chi connectivity index (χ2v) is 12.7. The number of carbonyl (C=O) groups excluding carboxylic acids is 3. The average molecular weight is 640 g/mol. The number of piperidine rings is 1. The molecule has 0 bridgehead atoms. The normalized spacial score (nSPS) is 33.5. The summed E-state index contributed by atoms with van der Waals surface area (Å²) in [7, 11) is 3.01. The molecule has 3 aliphatic heterocycles.